The van der Waals surface area contributed by atoms with Crippen LogP contribution < -0.4 is 10.1 Å². The highest BCUT2D eigenvalue weighted by Gasteiger charge is 2.28. The van der Waals surface area contributed by atoms with Crippen LogP contribution >= 0.6 is 0 Å². The van der Waals surface area contributed by atoms with Crippen LogP contribution in [-0.4, -0.2) is 47.1 Å². The highest BCUT2D eigenvalue weighted by Crippen LogP contribution is 2.23. The van der Waals surface area contributed by atoms with Gasteiger partial charge in [0.2, 0.25) is 0 Å². The number of rotatable bonds is 5. The summed E-state index contributed by atoms with van der Waals surface area (Å²) >= 11 is 0. The summed E-state index contributed by atoms with van der Waals surface area (Å²) in [5.41, 5.74) is 1.53. The molecule has 0 radical (unpaired) electrons. The molecule has 2 N–H and O–H groups in total. The Morgan fingerprint density at radius 2 is 2.00 bits per heavy atom. The Morgan fingerprint density at radius 1 is 1.27 bits per heavy atom. The summed E-state index contributed by atoms with van der Waals surface area (Å²) < 4.78 is 5.16. The van der Waals surface area contributed by atoms with E-state index < -0.39 is 6.10 Å². The first-order valence-corrected chi connectivity index (χ1v) is 8.88. The standard InChI is InChI=1S/C20H25N3O3/c1-14-5-3-8-18(21-14)22-16-9-11-23(12-10-16)20(25)19(24)15-6-4-7-17(13-15)26-2/h3-8,13,16,19,24H,9-12H2,1-2H3,(H,21,22). The number of likely N-dealkylation sites (tertiary alicyclic amines) is 1. The highest BCUT2D eigenvalue weighted by molar-refractivity contribution is 5.82. The summed E-state index contributed by atoms with van der Waals surface area (Å²) in [7, 11) is 1.56. The molecule has 0 aliphatic carbocycles. The van der Waals surface area contributed by atoms with E-state index in [1.54, 1.807) is 36.3 Å². The molecule has 1 aliphatic rings. The van der Waals surface area contributed by atoms with E-state index in [4.69, 9.17) is 4.74 Å². The number of hydrogen-bond donors (Lipinski definition) is 2. The van der Waals surface area contributed by atoms with Crippen LogP contribution in [0.1, 0.15) is 30.2 Å². The van der Waals surface area contributed by atoms with Crippen molar-refractivity contribution in [1.82, 2.24) is 9.88 Å². The Bertz CT molecular complexity index is 757. The van der Waals surface area contributed by atoms with E-state index >= 15 is 0 Å². The molecule has 6 nitrogen and oxygen atoms in total. The van der Waals surface area contributed by atoms with E-state index in [-0.39, 0.29) is 11.9 Å². The number of ether oxygens (including phenoxy) is 1. The molecule has 1 aromatic heterocycles. The Morgan fingerprint density at radius 3 is 2.69 bits per heavy atom. The number of hydrogen-bond acceptors (Lipinski definition) is 5. The number of aryl methyl sites for hydroxylation is 1. The maximum Gasteiger partial charge on any atom is 0.256 e. The van der Waals surface area contributed by atoms with Gasteiger partial charge in [-0.2, -0.15) is 0 Å². The summed E-state index contributed by atoms with van der Waals surface area (Å²) in [6, 6.07) is 13.2. The van der Waals surface area contributed by atoms with Crippen LogP contribution in [0.5, 0.6) is 5.75 Å². The van der Waals surface area contributed by atoms with Gasteiger partial charge in [0.1, 0.15) is 11.6 Å². The third-order valence-electron chi connectivity index (χ3n) is 4.69. The number of carbonyl (C=O) groups is 1. The zero-order valence-corrected chi connectivity index (χ0v) is 15.2. The SMILES string of the molecule is COc1cccc(C(O)C(=O)N2CCC(Nc3cccc(C)n3)CC2)c1. The Labute approximate surface area is 153 Å². The first-order chi connectivity index (χ1) is 12.6. The van der Waals surface area contributed by atoms with Crippen LogP contribution in [-0.2, 0) is 4.79 Å². The summed E-state index contributed by atoms with van der Waals surface area (Å²) in [6.45, 7) is 3.19. The van der Waals surface area contributed by atoms with Gasteiger partial charge in [-0.15, -0.1) is 0 Å². The predicted molar refractivity (Wildman–Crippen MR) is 100 cm³/mol. The number of nitrogens with zero attached hydrogens (tertiary/aromatic N) is 2. The predicted octanol–water partition coefficient (Wildman–Crippen LogP) is 2.54. The van der Waals surface area contributed by atoms with E-state index in [2.05, 4.69) is 10.3 Å². The van der Waals surface area contributed by atoms with Crippen LogP contribution in [0.3, 0.4) is 0 Å². The first kappa shape index (κ1) is 18.2. The molecular weight excluding hydrogens is 330 g/mol. The number of aliphatic hydroxyl groups is 1. The molecule has 3 rings (SSSR count). The molecule has 1 aliphatic heterocycles. The number of carbonyl (C=O) groups excluding carboxylic acids is 1. The topological polar surface area (TPSA) is 74.7 Å². The molecule has 0 spiro atoms. The van der Waals surface area contributed by atoms with Gasteiger partial charge in [0.15, 0.2) is 6.10 Å². The molecule has 1 saturated heterocycles. The maximum atomic E-state index is 12.6. The lowest BCUT2D eigenvalue weighted by Gasteiger charge is -2.33. The highest BCUT2D eigenvalue weighted by atomic mass is 16.5. The molecule has 1 fully saturated rings. The molecule has 138 valence electrons. The van der Waals surface area contributed by atoms with Crippen LogP contribution in [0, 0.1) is 6.92 Å². The van der Waals surface area contributed by atoms with Crippen molar-refractivity contribution in [1.29, 1.82) is 0 Å². The zero-order valence-electron chi connectivity index (χ0n) is 15.2. The van der Waals surface area contributed by atoms with Gasteiger partial charge in [0.05, 0.1) is 7.11 Å². The van der Waals surface area contributed by atoms with Crippen LogP contribution in [0.2, 0.25) is 0 Å². The monoisotopic (exact) mass is 355 g/mol. The Balaban J connectivity index is 1.56. The number of pyridine rings is 1. The van der Waals surface area contributed by atoms with Gasteiger partial charge in [-0.05, 0) is 49.6 Å². The fourth-order valence-electron chi connectivity index (χ4n) is 3.20. The zero-order chi connectivity index (χ0) is 18.5. The summed E-state index contributed by atoms with van der Waals surface area (Å²) in [5, 5.41) is 13.8. The molecule has 6 heteroatoms. The van der Waals surface area contributed by atoms with Crippen molar-refractivity contribution in [3.63, 3.8) is 0 Å². The Hall–Kier alpha value is -2.60. The van der Waals surface area contributed by atoms with E-state index in [0.717, 1.165) is 24.4 Å². The third-order valence-corrected chi connectivity index (χ3v) is 4.69. The molecule has 26 heavy (non-hydrogen) atoms. The molecule has 1 atom stereocenters. The number of piperidine rings is 1. The largest absolute Gasteiger partial charge is 0.497 e. The van der Waals surface area contributed by atoms with Gasteiger partial charge in [0, 0.05) is 24.8 Å². The number of aromatic nitrogens is 1. The fourth-order valence-corrected chi connectivity index (χ4v) is 3.20. The molecule has 0 saturated carbocycles. The second-order valence-electron chi connectivity index (χ2n) is 6.59. The fraction of sp³-hybridized carbons (Fsp3) is 0.400. The lowest BCUT2D eigenvalue weighted by Crippen LogP contribution is -2.44. The van der Waals surface area contributed by atoms with Crippen LogP contribution in [0.25, 0.3) is 0 Å². The van der Waals surface area contributed by atoms with E-state index in [0.29, 0.717) is 24.4 Å². The van der Waals surface area contributed by atoms with E-state index in [1.807, 2.05) is 25.1 Å². The molecular formula is C20H25N3O3. The normalized spacial score (nSPS) is 16.2. The van der Waals surface area contributed by atoms with Crippen molar-refractivity contribution in [2.24, 2.45) is 0 Å². The van der Waals surface area contributed by atoms with Crippen molar-refractivity contribution in [2.45, 2.75) is 31.9 Å². The van der Waals surface area contributed by atoms with Gasteiger partial charge in [0.25, 0.3) is 5.91 Å². The van der Waals surface area contributed by atoms with Crippen LogP contribution in [0.15, 0.2) is 42.5 Å². The summed E-state index contributed by atoms with van der Waals surface area (Å²) in [6.07, 6.45) is 0.492. The average Bonchev–Trinajstić information content (AvgIpc) is 2.67. The molecule has 1 unspecified atom stereocenters. The minimum atomic E-state index is -1.16. The van der Waals surface area contributed by atoms with Gasteiger partial charge < -0.3 is 20.1 Å². The number of nitrogens with one attached hydrogen (secondary N) is 1. The molecule has 0 bridgehead atoms. The lowest BCUT2D eigenvalue weighted by atomic mass is 10.0. The van der Waals surface area contributed by atoms with Gasteiger partial charge >= 0.3 is 0 Å². The van der Waals surface area contributed by atoms with E-state index in [9.17, 15) is 9.90 Å². The number of benzene rings is 1. The molecule has 1 aromatic carbocycles. The van der Waals surface area contributed by atoms with E-state index in [1.165, 1.54) is 0 Å². The summed E-state index contributed by atoms with van der Waals surface area (Å²) in [4.78, 5) is 18.8. The number of amides is 1. The van der Waals surface area contributed by atoms with Gasteiger partial charge in [-0.3, -0.25) is 4.79 Å². The maximum absolute atomic E-state index is 12.6. The molecule has 1 amide bonds. The second kappa shape index (κ2) is 8.19. The minimum Gasteiger partial charge on any atom is -0.497 e. The number of aliphatic hydroxyl groups excluding tert-OH is 1. The average molecular weight is 355 g/mol. The number of anilines is 1. The van der Waals surface area contributed by atoms with Crippen molar-refractivity contribution in [3.8, 4) is 5.75 Å². The lowest BCUT2D eigenvalue weighted by molar-refractivity contribution is -0.141. The first-order valence-electron chi connectivity index (χ1n) is 8.88. The summed E-state index contributed by atoms with van der Waals surface area (Å²) in [5.74, 6) is 1.24. The third kappa shape index (κ3) is 4.32. The van der Waals surface area contributed by atoms with Gasteiger partial charge in [-0.25, -0.2) is 4.98 Å². The molecule has 2 heterocycles. The van der Waals surface area contributed by atoms with Crippen molar-refractivity contribution < 1.29 is 14.6 Å². The van der Waals surface area contributed by atoms with Crippen molar-refractivity contribution in [3.05, 3.63) is 53.7 Å². The van der Waals surface area contributed by atoms with Gasteiger partial charge in [-0.1, -0.05) is 18.2 Å². The molecule has 2 aromatic rings. The quantitative estimate of drug-likeness (QED) is 0.862. The second-order valence-corrected chi connectivity index (χ2v) is 6.59. The smallest absolute Gasteiger partial charge is 0.256 e. The van der Waals surface area contributed by atoms with Crippen LogP contribution in [0.4, 0.5) is 5.82 Å². The van der Waals surface area contributed by atoms with Crippen molar-refractivity contribution >= 4 is 11.7 Å². The number of methoxy groups -OCH3 is 1. The Kier molecular flexibility index (Phi) is 5.73. The van der Waals surface area contributed by atoms with Crippen molar-refractivity contribution in [2.75, 3.05) is 25.5 Å². The minimum absolute atomic E-state index is 0.259.